The summed E-state index contributed by atoms with van der Waals surface area (Å²) in [7, 11) is 0. The molecule has 0 amide bonds. The number of fused-ring (bicyclic) bond motifs is 1. The molecule has 3 nitrogen and oxygen atoms in total. The number of hydrogen-bond donors (Lipinski definition) is 2. The van der Waals surface area contributed by atoms with E-state index in [0.717, 1.165) is 36.2 Å². The molecule has 0 aliphatic heterocycles. The highest BCUT2D eigenvalue weighted by molar-refractivity contribution is 5.81. The molecule has 4 rings (SSSR count). The van der Waals surface area contributed by atoms with E-state index in [9.17, 15) is 0 Å². The Hall–Kier alpha value is -2.81. The number of aryl methyl sites for hydroxylation is 1. The molecule has 0 saturated heterocycles. The molecule has 1 heterocycles. The van der Waals surface area contributed by atoms with Crippen LogP contribution in [0.1, 0.15) is 49.6 Å². The summed E-state index contributed by atoms with van der Waals surface area (Å²) >= 11 is 0. The van der Waals surface area contributed by atoms with E-state index in [-0.39, 0.29) is 5.41 Å². The normalized spacial score (nSPS) is 23.4. The lowest BCUT2D eigenvalue weighted by atomic mass is 9.58. The van der Waals surface area contributed by atoms with Crippen molar-refractivity contribution in [3.05, 3.63) is 89.9 Å². The van der Waals surface area contributed by atoms with Gasteiger partial charge in [-0.2, -0.15) is 0 Å². The van der Waals surface area contributed by atoms with E-state index in [4.69, 9.17) is 4.98 Å². The summed E-state index contributed by atoms with van der Waals surface area (Å²) in [5.41, 5.74) is 6.27. The van der Waals surface area contributed by atoms with Crippen molar-refractivity contribution in [2.24, 2.45) is 5.92 Å². The van der Waals surface area contributed by atoms with Crippen LogP contribution in [0.4, 0.5) is 0 Å². The third kappa shape index (κ3) is 3.62. The van der Waals surface area contributed by atoms with E-state index in [1.54, 1.807) is 0 Å². The highest BCUT2D eigenvalue weighted by Gasteiger charge is 2.43. The standard InChI is InChI=1S/C26H31N3/c1-4-16-26(23-14-9-15-24-25(23)29-20(3)28-24)19(2)10-8-13-22(26)18-27-17-21-11-6-5-7-12-21/h4-7,9,11-12,14-15,18-19,27H,1,8,10,13,16-17H2,2-3H3,(H,28,29)/b22-18+. The SMILES string of the molecule is C=CCC1(c2cccc3[nH]c(C)nc23)/C(=C/NCc2ccccc2)CCCC1C. The molecule has 3 heteroatoms. The van der Waals surface area contributed by atoms with Gasteiger partial charge in [-0.1, -0.05) is 55.5 Å². The van der Waals surface area contributed by atoms with Crippen LogP contribution in [0, 0.1) is 12.8 Å². The summed E-state index contributed by atoms with van der Waals surface area (Å²) in [5, 5.41) is 3.60. The topological polar surface area (TPSA) is 40.7 Å². The number of imidazole rings is 1. The minimum absolute atomic E-state index is 0.0647. The first-order valence-electron chi connectivity index (χ1n) is 10.7. The lowest BCUT2D eigenvalue weighted by Gasteiger charge is -2.45. The van der Waals surface area contributed by atoms with Gasteiger partial charge in [-0.15, -0.1) is 6.58 Å². The van der Waals surface area contributed by atoms with E-state index in [1.807, 2.05) is 6.92 Å². The van der Waals surface area contributed by atoms with Crippen LogP contribution >= 0.6 is 0 Å². The molecule has 0 radical (unpaired) electrons. The van der Waals surface area contributed by atoms with E-state index >= 15 is 0 Å². The van der Waals surface area contributed by atoms with Gasteiger partial charge in [-0.3, -0.25) is 0 Å². The monoisotopic (exact) mass is 385 g/mol. The molecular formula is C26H31N3. The molecule has 2 N–H and O–H groups in total. The first kappa shape index (κ1) is 19.5. The second-order valence-electron chi connectivity index (χ2n) is 8.32. The van der Waals surface area contributed by atoms with Crippen LogP contribution in [0.3, 0.4) is 0 Å². The van der Waals surface area contributed by atoms with Gasteiger partial charge in [-0.25, -0.2) is 4.98 Å². The number of benzene rings is 2. The van der Waals surface area contributed by atoms with Crippen molar-refractivity contribution in [1.82, 2.24) is 15.3 Å². The fourth-order valence-corrected chi connectivity index (χ4v) is 5.10. The maximum absolute atomic E-state index is 4.87. The average Bonchev–Trinajstić information content (AvgIpc) is 3.11. The van der Waals surface area contributed by atoms with Crippen molar-refractivity contribution in [1.29, 1.82) is 0 Å². The summed E-state index contributed by atoms with van der Waals surface area (Å²) in [6.45, 7) is 9.40. The zero-order valence-corrected chi connectivity index (χ0v) is 17.5. The number of nitrogens with zero attached hydrogens (tertiary/aromatic N) is 1. The molecule has 2 unspecified atom stereocenters. The van der Waals surface area contributed by atoms with Crippen LogP contribution < -0.4 is 5.32 Å². The van der Waals surface area contributed by atoms with Gasteiger partial charge in [0.1, 0.15) is 5.82 Å². The van der Waals surface area contributed by atoms with Gasteiger partial charge in [0.15, 0.2) is 0 Å². The molecule has 29 heavy (non-hydrogen) atoms. The summed E-state index contributed by atoms with van der Waals surface area (Å²) in [6.07, 6.45) is 8.87. The van der Waals surface area contributed by atoms with Crippen LogP contribution in [0.5, 0.6) is 0 Å². The largest absolute Gasteiger partial charge is 0.387 e. The quantitative estimate of drug-likeness (QED) is 0.498. The van der Waals surface area contributed by atoms with Crippen molar-refractivity contribution in [3.8, 4) is 0 Å². The first-order chi connectivity index (χ1) is 14.1. The smallest absolute Gasteiger partial charge is 0.104 e. The van der Waals surface area contributed by atoms with Gasteiger partial charge in [0, 0.05) is 12.0 Å². The van der Waals surface area contributed by atoms with Crippen LogP contribution in [-0.4, -0.2) is 9.97 Å². The average molecular weight is 386 g/mol. The van der Waals surface area contributed by atoms with Crippen LogP contribution in [0.25, 0.3) is 11.0 Å². The van der Waals surface area contributed by atoms with E-state index < -0.39 is 0 Å². The van der Waals surface area contributed by atoms with Gasteiger partial charge < -0.3 is 10.3 Å². The summed E-state index contributed by atoms with van der Waals surface area (Å²) in [6, 6.07) is 17.1. The number of H-pyrrole nitrogens is 1. The Morgan fingerprint density at radius 1 is 1.21 bits per heavy atom. The maximum Gasteiger partial charge on any atom is 0.104 e. The number of para-hydroxylation sites is 1. The van der Waals surface area contributed by atoms with Crippen molar-refractivity contribution in [3.63, 3.8) is 0 Å². The molecule has 150 valence electrons. The van der Waals surface area contributed by atoms with Crippen LogP contribution in [0.2, 0.25) is 0 Å². The Labute approximate surface area is 174 Å². The Morgan fingerprint density at radius 3 is 2.83 bits per heavy atom. The van der Waals surface area contributed by atoms with Gasteiger partial charge in [-0.05, 0) is 67.5 Å². The number of aromatic amines is 1. The third-order valence-electron chi connectivity index (χ3n) is 6.50. The molecule has 0 spiro atoms. The molecular weight excluding hydrogens is 354 g/mol. The number of allylic oxidation sites excluding steroid dienone is 2. The van der Waals surface area contributed by atoms with Crippen LogP contribution in [0.15, 0.2) is 73.0 Å². The summed E-state index contributed by atoms with van der Waals surface area (Å²) in [4.78, 5) is 8.29. The Kier molecular flexibility index (Phi) is 5.57. The molecule has 0 bridgehead atoms. The molecule has 1 aromatic heterocycles. The first-order valence-corrected chi connectivity index (χ1v) is 10.7. The van der Waals surface area contributed by atoms with Crippen molar-refractivity contribution in [2.75, 3.05) is 0 Å². The predicted molar refractivity (Wildman–Crippen MR) is 122 cm³/mol. The molecule has 3 aromatic rings. The van der Waals surface area contributed by atoms with E-state index in [1.165, 1.54) is 29.5 Å². The molecule has 1 aliphatic carbocycles. The second kappa shape index (κ2) is 8.28. The Bertz CT molecular complexity index is 1010. The van der Waals surface area contributed by atoms with Crippen molar-refractivity contribution in [2.45, 2.75) is 51.5 Å². The minimum Gasteiger partial charge on any atom is -0.387 e. The number of aromatic nitrogens is 2. The minimum atomic E-state index is -0.0647. The fraction of sp³-hybridized carbons (Fsp3) is 0.346. The van der Waals surface area contributed by atoms with Gasteiger partial charge in [0.05, 0.1) is 11.0 Å². The Morgan fingerprint density at radius 2 is 2.03 bits per heavy atom. The fourth-order valence-electron chi connectivity index (χ4n) is 5.10. The molecule has 2 aromatic carbocycles. The number of hydrogen-bond acceptors (Lipinski definition) is 2. The lowest BCUT2D eigenvalue weighted by Crippen LogP contribution is -2.39. The number of nitrogens with one attached hydrogen (secondary N) is 2. The van der Waals surface area contributed by atoms with E-state index in [2.05, 4.69) is 84.6 Å². The zero-order chi connectivity index (χ0) is 20.3. The highest BCUT2D eigenvalue weighted by atomic mass is 14.9. The summed E-state index contributed by atoms with van der Waals surface area (Å²) in [5.74, 6) is 1.50. The predicted octanol–water partition coefficient (Wildman–Crippen LogP) is 6.18. The molecule has 2 atom stereocenters. The Balaban J connectivity index is 1.78. The lowest BCUT2D eigenvalue weighted by molar-refractivity contribution is 0.272. The summed E-state index contributed by atoms with van der Waals surface area (Å²) < 4.78 is 0. The second-order valence-corrected chi connectivity index (χ2v) is 8.32. The number of rotatable bonds is 6. The highest BCUT2D eigenvalue weighted by Crippen LogP contribution is 2.51. The molecule has 1 aliphatic rings. The van der Waals surface area contributed by atoms with Gasteiger partial charge in [0.25, 0.3) is 0 Å². The molecule has 1 saturated carbocycles. The molecule has 1 fully saturated rings. The van der Waals surface area contributed by atoms with Gasteiger partial charge >= 0.3 is 0 Å². The zero-order valence-electron chi connectivity index (χ0n) is 17.5. The van der Waals surface area contributed by atoms with Crippen molar-refractivity contribution < 1.29 is 0 Å². The van der Waals surface area contributed by atoms with E-state index in [0.29, 0.717) is 5.92 Å². The maximum atomic E-state index is 4.87. The van der Waals surface area contributed by atoms with Crippen molar-refractivity contribution >= 4 is 11.0 Å². The third-order valence-corrected chi connectivity index (χ3v) is 6.50. The van der Waals surface area contributed by atoms with Crippen LogP contribution in [-0.2, 0) is 12.0 Å². The van der Waals surface area contributed by atoms with Gasteiger partial charge in [0.2, 0.25) is 0 Å².